The van der Waals surface area contributed by atoms with E-state index in [0.29, 0.717) is 18.8 Å². The van der Waals surface area contributed by atoms with Gasteiger partial charge in [-0.15, -0.1) is 0 Å². The highest BCUT2D eigenvalue weighted by Gasteiger charge is 2.32. The monoisotopic (exact) mass is 331 g/mol. The lowest BCUT2D eigenvalue weighted by molar-refractivity contribution is -0.139. The van der Waals surface area contributed by atoms with Gasteiger partial charge in [0, 0.05) is 37.8 Å². The van der Waals surface area contributed by atoms with Crippen molar-refractivity contribution in [3.8, 4) is 5.75 Å². The first-order chi connectivity index (χ1) is 11.6. The topological polar surface area (TPSA) is 88.7 Å². The highest BCUT2D eigenvalue weighted by atomic mass is 16.5. The summed E-state index contributed by atoms with van der Waals surface area (Å²) in [7, 11) is 0. The van der Waals surface area contributed by atoms with Gasteiger partial charge in [-0.1, -0.05) is 5.16 Å². The number of carbonyl (C=O) groups is 1. The molecular formula is C17H21N3O4. The number of hydrogen-bond acceptors (Lipinski definition) is 6. The van der Waals surface area contributed by atoms with E-state index in [1.54, 1.807) is 12.4 Å². The van der Waals surface area contributed by atoms with Gasteiger partial charge >= 0.3 is 5.97 Å². The Balaban J connectivity index is 1.64. The predicted molar refractivity (Wildman–Crippen MR) is 85.5 cm³/mol. The maximum Gasteiger partial charge on any atom is 0.303 e. The number of likely N-dealkylation sites (tertiary alicyclic amines) is 1. The summed E-state index contributed by atoms with van der Waals surface area (Å²) in [6.45, 7) is 4.00. The van der Waals surface area contributed by atoms with Gasteiger partial charge in [0.15, 0.2) is 0 Å². The number of aromatic nitrogens is 2. The minimum absolute atomic E-state index is 0.0792. The molecule has 3 rings (SSSR count). The Morgan fingerprint density at radius 3 is 3.08 bits per heavy atom. The molecule has 7 nitrogen and oxygen atoms in total. The van der Waals surface area contributed by atoms with Crippen molar-refractivity contribution in [2.24, 2.45) is 5.92 Å². The highest BCUT2D eigenvalue weighted by molar-refractivity contribution is 5.67. The van der Waals surface area contributed by atoms with E-state index in [0.717, 1.165) is 24.4 Å². The molecule has 0 amide bonds. The summed E-state index contributed by atoms with van der Waals surface area (Å²) in [5, 5.41) is 13.2. The summed E-state index contributed by atoms with van der Waals surface area (Å²) in [5.41, 5.74) is 0.869. The van der Waals surface area contributed by atoms with Gasteiger partial charge in [-0.25, -0.2) is 0 Å². The van der Waals surface area contributed by atoms with Crippen molar-refractivity contribution < 1.29 is 19.2 Å². The Hall–Kier alpha value is -2.41. The third kappa shape index (κ3) is 4.32. The van der Waals surface area contributed by atoms with Crippen LogP contribution < -0.4 is 4.74 Å². The van der Waals surface area contributed by atoms with Crippen LogP contribution in [0.2, 0.25) is 0 Å². The normalized spacial score (nSPS) is 21.5. The zero-order chi connectivity index (χ0) is 16.9. The SMILES string of the molecule is Cc1cc(CN2CC[C@@H](Oc3cccnc3)[C@H](CC(=O)O)C2)no1. The maximum absolute atomic E-state index is 11.2. The first kappa shape index (κ1) is 16.4. The minimum atomic E-state index is -0.807. The molecule has 128 valence electrons. The summed E-state index contributed by atoms with van der Waals surface area (Å²) in [4.78, 5) is 17.5. The van der Waals surface area contributed by atoms with Crippen LogP contribution in [0.1, 0.15) is 24.3 Å². The lowest BCUT2D eigenvalue weighted by Gasteiger charge is -2.37. The van der Waals surface area contributed by atoms with Gasteiger partial charge in [0.1, 0.15) is 17.6 Å². The van der Waals surface area contributed by atoms with Gasteiger partial charge < -0.3 is 14.4 Å². The number of aliphatic carboxylic acids is 1. The molecule has 0 spiro atoms. The van der Waals surface area contributed by atoms with Crippen LogP contribution in [-0.2, 0) is 11.3 Å². The number of carboxylic acids is 1. The molecule has 0 bridgehead atoms. The summed E-state index contributed by atoms with van der Waals surface area (Å²) < 4.78 is 11.1. The zero-order valence-electron chi connectivity index (χ0n) is 13.6. The lowest BCUT2D eigenvalue weighted by atomic mass is 9.91. The van der Waals surface area contributed by atoms with E-state index in [1.807, 2.05) is 25.1 Å². The fourth-order valence-electron chi connectivity index (χ4n) is 3.12. The average molecular weight is 331 g/mol. The average Bonchev–Trinajstić information content (AvgIpc) is 2.95. The Morgan fingerprint density at radius 1 is 1.54 bits per heavy atom. The molecule has 1 N–H and O–H groups in total. The number of aryl methyl sites for hydroxylation is 1. The van der Waals surface area contributed by atoms with E-state index in [2.05, 4.69) is 15.0 Å². The van der Waals surface area contributed by atoms with Gasteiger partial charge in [0.05, 0.1) is 18.3 Å². The smallest absolute Gasteiger partial charge is 0.303 e. The van der Waals surface area contributed by atoms with Crippen molar-refractivity contribution in [3.05, 3.63) is 42.0 Å². The molecule has 1 aliphatic rings. The maximum atomic E-state index is 11.2. The van der Waals surface area contributed by atoms with Crippen LogP contribution in [0.25, 0.3) is 0 Å². The third-order valence-corrected chi connectivity index (χ3v) is 4.17. The third-order valence-electron chi connectivity index (χ3n) is 4.17. The molecule has 0 aromatic carbocycles. The molecule has 0 radical (unpaired) electrons. The van der Waals surface area contributed by atoms with Crippen LogP contribution in [0.5, 0.6) is 5.75 Å². The highest BCUT2D eigenvalue weighted by Crippen LogP contribution is 2.26. The largest absolute Gasteiger partial charge is 0.488 e. The Labute approximate surface area is 140 Å². The van der Waals surface area contributed by atoms with Crippen molar-refractivity contribution in [2.75, 3.05) is 13.1 Å². The molecule has 0 unspecified atom stereocenters. The van der Waals surface area contributed by atoms with Crippen LogP contribution in [-0.4, -0.2) is 45.3 Å². The molecule has 1 saturated heterocycles. The van der Waals surface area contributed by atoms with E-state index < -0.39 is 5.97 Å². The van der Waals surface area contributed by atoms with Gasteiger partial charge in [-0.3, -0.25) is 14.7 Å². The van der Waals surface area contributed by atoms with Crippen LogP contribution in [0.4, 0.5) is 0 Å². The first-order valence-electron chi connectivity index (χ1n) is 8.03. The van der Waals surface area contributed by atoms with Crippen molar-refractivity contribution >= 4 is 5.97 Å². The van der Waals surface area contributed by atoms with Gasteiger partial charge in [-0.2, -0.15) is 0 Å². The van der Waals surface area contributed by atoms with Crippen molar-refractivity contribution in [3.63, 3.8) is 0 Å². The zero-order valence-corrected chi connectivity index (χ0v) is 13.6. The molecule has 0 saturated carbocycles. The fourth-order valence-corrected chi connectivity index (χ4v) is 3.12. The second kappa shape index (κ2) is 7.44. The van der Waals surface area contributed by atoms with Crippen LogP contribution in [0.15, 0.2) is 35.1 Å². The molecule has 2 aromatic rings. The molecule has 0 aliphatic carbocycles. The number of piperidine rings is 1. The number of nitrogens with zero attached hydrogens (tertiary/aromatic N) is 3. The Bertz CT molecular complexity index is 673. The predicted octanol–water partition coefficient (Wildman–Crippen LogP) is 2.12. The van der Waals surface area contributed by atoms with E-state index in [9.17, 15) is 9.90 Å². The first-order valence-corrected chi connectivity index (χ1v) is 8.03. The molecule has 2 aromatic heterocycles. The van der Waals surface area contributed by atoms with E-state index in [4.69, 9.17) is 9.26 Å². The van der Waals surface area contributed by atoms with Gasteiger partial charge in [0.2, 0.25) is 0 Å². The lowest BCUT2D eigenvalue weighted by Crippen LogP contribution is -2.46. The number of carboxylic acid groups (broad SMARTS) is 1. The van der Waals surface area contributed by atoms with Crippen molar-refractivity contribution in [1.82, 2.24) is 15.0 Å². The summed E-state index contributed by atoms with van der Waals surface area (Å²) in [6, 6.07) is 5.56. The van der Waals surface area contributed by atoms with Crippen molar-refractivity contribution in [2.45, 2.75) is 32.4 Å². The standard InChI is InChI=1S/C17H21N3O4/c1-12-7-14(19-24-12)11-20-6-4-16(13(10-20)8-17(21)22)23-15-3-2-5-18-9-15/h2-3,5,7,9,13,16H,4,6,8,10-11H2,1H3,(H,21,22)/t13-,16-/m1/s1. The summed E-state index contributed by atoms with van der Waals surface area (Å²) >= 11 is 0. The molecule has 1 aliphatic heterocycles. The quantitative estimate of drug-likeness (QED) is 0.867. The minimum Gasteiger partial charge on any atom is -0.488 e. The van der Waals surface area contributed by atoms with Gasteiger partial charge in [-0.05, 0) is 25.5 Å². The number of ether oxygens (including phenoxy) is 1. The van der Waals surface area contributed by atoms with Crippen LogP contribution >= 0.6 is 0 Å². The molecule has 2 atom stereocenters. The second-order valence-corrected chi connectivity index (χ2v) is 6.16. The molecule has 7 heteroatoms. The number of rotatable bonds is 6. The number of pyridine rings is 1. The second-order valence-electron chi connectivity index (χ2n) is 6.16. The van der Waals surface area contributed by atoms with Crippen LogP contribution in [0.3, 0.4) is 0 Å². The summed E-state index contributed by atoms with van der Waals surface area (Å²) in [6.07, 6.45) is 4.07. The fraction of sp³-hybridized carbons (Fsp3) is 0.471. The Morgan fingerprint density at radius 2 is 2.42 bits per heavy atom. The van der Waals surface area contributed by atoms with E-state index >= 15 is 0 Å². The summed E-state index contributed by atoms with van der Waals surface area (Å²) in [5.74, 6) is 0.573. The van der Waals surface area contributed by atoms with E-state index in [-0.39, 0.29) is 18.4 Å². The molecular weight excluding hydrogens is 310 g/mol. The van der Waals surface area contributed by atoms with E-state index in [1.165, 1.54) is 0 Å². The van der Waals surface area contributed by atoms with Crippen molar-refractivity contribution in [1.29, 1.82) is 0 Å². The van der Waals surface area contributed by atoms with Gasteiger partial charge in [0.25, 0.3) is 0 Å². The molecule has 24 heavy (non-hydrogen) atoms. The molecule has 3 heterocycles. The molecule has 1 fully saturated rings. The van der Waals surface area contributed by atoms with Crippen LogP contribution in [0, 0.1) is 12.8 Å². The number of hydrogen-bond donors (Lipinski definition) is 1. The Kier molecular flexibility index (Phi) is 5.10.